The van der Waals surface area contributed by atoms with Gasteiger partial charge in [-0.1, -0.05) is 35.9 Å². The molecule has 0 spiro atoms. The second kappa shape index (κ2) is 8.09. The molecular formula is C24H20ClN5O2. The van der Waals surface area contributed by atoms with Gasteiger partial charge >= 0.3 is 0 Å². The Labute approximate surface area is 189 Å². The lowest BCUT2D eigenvalue weighted by Gasteiger charge is -2.15. The molecule has 8 heteroatoms. The van der Waals surface area contributed by atoms with Gasteiger partial charge in [0, 0.05) is 16.9 Å². The number of benzene rings is 2. The molecule has 2 aromatic heterocycles. The van der Waals surface area contributed by atoms with Crippen molar-refractivity contribution in [2.75, 3.05) is 10.2 Å². The number of para-hydroxylation sites is 2. The molecule has 0 saturated heterocycles. The first-order valence-electron chi connectivity index (χ1n) is 10.3. The van der Waals surface area contributed by atoms with E-state index in [1.165, 1.54) is 0 Å². The fraction of sp³-hybridized carbons (Fsp3) is 0.167. The second-order valence-corrected chi connectivity index (χ2v) is 8.16. The summed E-state index contributed by atoms with van der Waals surface area (Å²) in [5.74, 6) is 0.0747. The molecular weight excluding hydrogens is 426 g/mol. The van der Waals surface area contributed by atoms with Crippen molar-refractivity contribution >= 4 is 46.1 Å². The second-order valence-electron chi connectivity index (χ2n) is 7.75. The first-order valence-corrected chi connectivity index (χ1v) is 10.6. The highest BCUT2D eigenvalue weighted by atomic mass is 35.5. The van der Waals surface area contributed by atoms with E-state index in [4.69, 9.17) is 11.6 Å². The van der Waals surface area contributed by atoms with Gasteiger partial charge < -0.3 is 5.32 Å². The average Bonchev–Trinajstić information content (AvgIpc) is 3.28. The molecule has 2 aromatic carbocycles. The van der Waals surface area contributed by atoms with E-state index in [1.807, 2.05) is 60.0 Å². The zero-order valence-corrected chi connectivity index (χ0v) is 18.1. The number of nitrogens with one attached hydrogen (secondary N) is 1. The van der Waals surface area contributed by atoms with Crippen LogP contribution in [0.1, 0.15) is 23.7 Å². The third-order valence-corrected chi connectivity index (χ3v) is 5.97. The maximum atomic E-state index is 13.4. The molecule has 1 aliphatic rings. The van der Waals surface area contributed by atoms with Crippen molar-refractivity contribution < 1.29 is 9.59 Å². The minimum Gasteiger partial charge on any atom is -0.326 e. The molecule has 1 N–H and O–H groups in total. The number of amides is 2. The minimum absolute atomic E-state index is 0.0175. The molecule has 5 rings (SSSR count). The van der Waals surface area contributed by atoms with Gasteiger partial charge in [0.15, 0.2) is 0 Å². The van der Waals surface area contributed by atoms with Gasteiger partial charge in [0.2, 0.25) is 11.9 Å². The van der Waals surface area contributed by atoms with E-state index in [1.54, 1.807) is 23.2 Å². The van der Waals surface area contributed by atoms with Crippen molar-refractivity contribution in [3.05, 3.63) is 83.1 Å². The highest BCUT2D eigenvalue weighted by Crippen LogP contribution is 2.37. The van der Waals surface area contributed by atoms with Crippen LogP contribution in [0.2, 0.25) is 5.02 Å². The lowest BCUT2D eigenvalue weighted by Crippen LogP contribution is -2.31. The SMILES string of the molecule is Cc1ccc(NC(=O)C[C@H]2C(=O)N(Cc3ccccn3)c3nc4ccccc4n32)cc1Cl. The van der Waals surface area contributed by atoms with Gasteiger partial charge in [0.25, 0.3) is 5.91 Å². The van der Waals surface area contributed by atoms with Gasteiger partial charge in [0.1, 0.15) is 6.04 Å². The molecule has 0 saturated carbocycles. The predicted octanol–water partition coefficient (Wildman–Crippen LogP) is 4.51. The van der Waals surface area contributed by atoms with E-state index in [-0.39, 0.29) is 24.8 Å². The van der Waals surface area contributed by atoms with Gasteiger partial charge in [-0.25, -0.2) is 4.98 Å². The molecule has 7 nitrogen and oxygen atoms in total. The molecule has 2 amide bonds. The summed E-state index contributed by atoms with van der Waals surface area (Å²) in [4.78, 5) is 36.9. The Balaban J connectivity index is 1.46. The summed E-state index contributed by atoms with van der Waals surface area (Å²) in [5, 5.41) is 3.43. The number of carbonyl (C=O) groups excluding carboxylic acids is 2. The number of rotatable bonds is 5. The summed E-state index contributed by atoms with van der Waals surface area (Å²) < 4.78 is 1.85. The zero-order valence-electron chi connectivity index (χ0n) is 17.3. The van der Waals surface area contributed by atoms with E-state index < -0.39 is 6.04 Å². The van der Waals surface area contributed by atoms with Crippen molar-refractivity contribution in [2.45, 2.75) is 25.9 Å². The fourth-order valence-electron chi connectivity index (χ4n) is 3.96. The van der Waals surface area contributed by atoms with Crippen LogP contribution in [-0.2, 0) is 16.1 Å². The lowest BCUT2D eigenvalue weighted by atomic mass is 10.1. The smallest absolute Gasteiger partial charge is 0.253 e. The van der Waals surface area contributed by atoms with Crippen molar-refractivity contribution in [2.24, 2.45) is 0 Å². The Hall–Kier alpha value is -3.71. The normalized spacial score (nSPS) is 15.2. The maximum Gasteiger partial charge on any atom is 0.253 e. The number of imidazole rings is 1. The van der Waals surface area contributed by atoms with Crippen LogP contribution in [0.15, 0.2) is 66.9 Å². The van der Waals surface area contributed by atoms with E-state index in [0.29, 0.717) is 16.7 Å². The van der Waals surface area contributed by atoms with Crippen molar-refractivity contribution in [1.82, 2.24) is 14.5 Å². The van der Waals surface area contributed by atoms with Gasteiger partial charge in [-0.2, -0.15) is 0 Å². The number of aryl methyl sites for hydroxylation is 1. The van der Waals surface area contributed by atoms with Crippen molar-refractivity contribution in [1.29, 1.82) is 0 Å². The van der Waals surface area contributed by atoms with E-state index >= 15 is 0 Å². The molecule has 0 radical (unpaired) electrons. The number of nitrogens with zero attached hydrogens (tertiary/aromatic N) is 4. The Morgan fingerprint density at radius 1 is 1.12 bits per heavy atom. The first kappa shape index (κ1) is 20.2. The molecule has 4 aromatic rings. The molecule has 0 bridgehead atoms. The highest BCUT2D eigenvalue weighted by Gasteiger charge is 2.41. The standard InChI is InChI=1S/C24H20ClN5O2/c1-15-9-10-16(12-18(15)25)27-22(31)13-21-23(32)29(14-17-6-4-5-11-26-17)24-28-19-7-2-3-8-20(19)30(21)24/h2-12,21H,13-14H2,1H3,(H,27,31)/t21-/m0/s1. The van der Waals surface area contributed by atoms with Crippen LogP contribution in [0.3, 0.4) is 0 Å². The summed E-state index contributed by atoms with van der Waals surface area (Å²) in [6.07, 6.45) is 1.67. The summed E-state index contributed by atoms with van der Waals surface area (Å²) in [6, 6.07) is 17.8. The largest absolute Gasteiger partial charge is 0.326 e. The Bertz CT molecular complexity index is 1330. The number of pyridine rings is 1. The molecule has 160 valence electrons. The minimum atomic E-state index is -0.693. The first-order chi connectivity index (χ1) is 15.5. The quantitative estimate of drug-likeness (QED) is 0.490. The van der Waals surface area contributed by atoms with Crippen LogP contribution in [0.25, 0.3) is 11.0 Å². The van der Waals surface area contributed by atoms with Crippen LogP contribution < -0.4 is 10.2 Å². The molecule has 1 aliphatic heterocycles. The van der Waals surface area contributed by atoms with Crippen LogP contribution in [-0.4, -0.2) is 26.3 Å². The number of anilines is 2. The average molecular weight is 446 g/mol. The van der Waals surface area contributed by atoms with Crippen LogP contribution >= 0.6 is 11.6 Å². The molecule has 0 aliphatic carbocycles. The number of hydrogen-bond donors (Lipinski definition) is 1. The molecule has 1 atom stereocenters. The Morgan fingerprint density at radius 3 is 2.72 bits per heavy atom. The number of carbonyl (C=O) groups is 2. The van der Waals surface area contributed by atoms with Crippen molar-refractivity contribution in [3.8, 4) is 0 Å². The Morgan fingerprint density at radius 2 is 1.94 bits per heavy atom. The number of aromatic nitrogens is 3. The predicted molar refractivity (Wildman–Crippen MR) is 124 cm³/mol. The third-order valence-electron chi connectivity index (χ3n) is 5.56. The molecule has 0 fully saturated rings. The lowest BCUT2D eigenvalue weighted by molar-refractivity contribution is -0.124. The summed E-state index contributed by atoms with van der Waals surface area (Å²) in [5.41, 5.74) is 3.86. The maximum absolute atomic E-state index is 13.4. The van der Waals surface area contributed by atoms with Gasteiger partial charge in [0.05, 0.1) is 29.7 Å². The third kappa shape index (κ3) is 3.61. The Kier molecular flexibility index (Phi) is 5.11. The molecule has 0 unspecified atom stereocenters. The van der Waals surface area contributed by atoms with Gasteiger partial charge in [-0.15, -0.1) is 0 Å². The van der Waals surface area contributed by atoms with E-state index in [9.17, 15) is 9.59 Å². The zero-order chi connectivity index (χ0) is 22.2. The monoisotopic (exact) mass is 445 g/mol. The van der Waals surface area contributed by atoms with Gasteiger partial charge in [-0.05, 0) is 48.9 Å². The van der Waals surface area contributed by atoms with E-state index in [2.05, 4.69) is 15.3 Å². The van der Waals surface area contributed by atoms with Crippen LogP contribution in [0, 0.1) is 6.92 Å². The number of hydrogen-bond acceptors (Lipinski definition) is 4. The van der Waals surface area contributed by atoms with E-state index in [0.717, 1.165) is 22.3 Å². The fourth-order valence-corrected chi connectivity index (χ4v) is 4.14. The summed E-state index contributed by atoms with van der Waals surface area (Å²) >= 11 is 6.17. The number of fused-ring (bicyclic) bond motifs is 3. The molecule has 3 heterocycles. The number of halogens is 1. The highest BCUT2D eigenvalue weighted by molar-refractivity contribution is 6.31. The summed E-state index contributed by atoms with van der Waals surface area (Å²) in [7, 11) is 0. The summed E-state index contributed by atoms with van der Waals surface area (Å²) in [6.45, 7) is 2.18. The van der Waals surface area contributed by atoms with Crippen LogP contribution in [0.5, 0.6) is 0 Å². The topological polar surface area (TPSA) is 80.1 Å². The van der Waals surface area contributed by atoms with Crippen molar-refractivity contribution in [3.63, 3.8) is 0 Å². The van der Waals surface area contributed by atoms with Gasteiger partial charge in [-0.3, -0.25) is 24.0 Å². The molecule has 32 heavy (non-hydrogen) atoms. The van der Waals surface area contributed by atoms with Crippen LogP contribution in [0.4, 0.5) is 11.6 Å².